The van der Waals surface area contributed by atoms with Crippen LogP contribution in [0, 0.1) is 0 Å². The molecule has 0 saturated carbocycles. The number of aryl methyl sites for hydroxylation is 1. The zero-order chi connectivity index (χ0) is 10.4. The molecule has 14 heavy (non-hydrogen) atoms. The lowest BCUT2D eigenvalue weighted by molar-refractivity contribution is 0.0487. The maximum absolute atomic E-state index is 11.5. The van der Waals surface area contributed by atoms with Gasteiger partial charge in [0.15, 0.2) is 0 Å². The SMILES string of the molecule is CCCCOC(=O)c1cccn1CC. The Bertz CT molecular complexity index is 291. The third kappa shape index (κ3) is 2.62. The molecule has 0 spiro atoms. The molecule has 0 aliphatic heterocycles. The first-order valence-corrected chi connectivity index (χ1v) is 5.11. The van der Waals surface area contributed by atoms with Crippen molar-refractivity contribution in [1.82, 2.24) is 4.57 Å². The summed E-state index contributed by atoms with van der Waals surface area (Å²) in [4.78, 5) is 11.5. The van der Waals surface area contributed by atoms with Crippen LogP contribution in [-0.2, 0) is 11.3 Å². The van der Waals surface area contributed by atoms with Gasteiger partial charge >= 0.3 is 5.97 Å². The van der Waals surface area contributed by atoms with E-state index in [9.17, 15) is 4.79 Å². The highest BCUT2D eigenvalue weighted by Crippen LogP contribution is 2.04. The van der Waals surface area contributed by atoms with Gasteiger partial charge in [-0.05, 0) is 25.5 Å². The smallest absolute Gasteiger partial charge is 0.354 e. The molecule has 0 fully saturated rings. The second kappa shape index (κ2) is 5.47. The van der Waals surface area contributed by atoms with Crippen LogP contribution in [0.15, 0.2) is 18.3 Å². The van der Waals surface area contributed by atoms with Crippen molar-refractivity contribution < 1.29 is 9.53 Å². The highest BCUT2D eigenvalue weighted by Gasteiger charge is 2.10. The van der Waals surface area contributed by atoms with Crippen LogP contribution in [0.25, 0.3) is 0 Å². The van der Waals surface area contributed by atoms with Crippen molar-refractivity contribution in [2.24, 2.45) is 0 Å². The molecule has 0 amide bonds. The van der Waals surface area contributed by atoms with E-state index in [2.05, 4.69) is 6.92 Å². The molecule has 0 N–H and O–H groups in total. The van der Waals surface area contributed by atoms with Gasteiger partial charge in [-0.15, -0.1) is 0 Å². The quantitative estimate of drug-likeness (QED) is 0.534. The summed E-state index contributed by atoms with van der Waals surface area (Å²) in [7, 11) is 0. The Morgan fingerprint density at radius 2 is 2.29 bits per heavy atom. The van der Waals surface area contributed by atoms with Gasteiger partial charge in [0, 0.05) is 12.7 Å². The van der Waals surface area contributed by atoms with Crippen LogP contribution < -0.4 is 0 Å². The summed E-state index contributed by atoms with van der Waals surface area (Å²) in [6.45, 7) is 5.39. The molecule has 0 radical (unpaired) electrons. The number of esters is 1. The molecule has 0 saturated heterocycles. The van der Waals surface area contributed by atoms with Gasteiger partial charge in [0.05, 0.1) is 6.61 Å². The summed E-state index contributed by atoms with van der Waals surface area (Å²) >= 11 is 0. The molecule has 3 heteroatoms. The van der Waals surface area contributed by atoms with E-state index in [-0.39, 0.29) is 5.97 Å². The van der Waals surface area contributed by atoms with Crippen LogP contribution in [0.1, 0.15) is 37.2 Å². The average molecular weight is 195 g/mol. The highest BCUT2D eigenvalue weighted by atomic mass is 16.5. The van der Waals surface area contributed by atoms with Crippen LogP contribution >= 0.6 is 0 Å². The molecule has 0 atom stereocenters. The maximum Gasteiger partial charge on any atom is 0.354 e. The van der Waals surface area contributed by atoms with Crippen LogP contribution in [0.5, 0.6) is 0 Å². The molecule has 0 aliphatic rings. The minimum atomic E-state index is -0.217. The molecule has 78 valence electrons. The van der Waals surface area contributed by atoms with Gasteiger partial charge in [0.25, 0.3) is 0 Å². The Morgan fingerprint density at radius 1 is 1.50 bits per heavy atom. The van der Waals surface area contributed by atoms with Gasteiger partial charge in [-0.25, -0.2) is 4.79 Å². The Labute approximate surface area is 84.7 Å². The molecular formula is C11H17NO2. The Balaban J connectivity index is 2.51. The standard InChI is InChI=1S/C11H17NO2/c1-3-5-9-14-11(13)10-7-6-8-12(10)4-2/h6-8H,3-5,9H2,1-2H3. The lowest BCUT2D eigenvalue weighted by atomic mass is 10.3. The Hall–Kier alpha value is -1.25. The predicted octanol–water partition coefficient (Wildman–Crippen LogP) is 2.46. The maximum atomic E-state index is 11.5. The predicted molar refractivity (Wildman–Crippen MR) is 55.3 cm³/mol. The fraction of sp³-hybridized carbons (Fsp3) is 0.545. The molecule has 1 rings (SSSR count). The zero-order valence-corrected chi connectivity index (χ0v) is 8.82. The van der Waals surface area contributed by atoms with Gasteiger partial charge in [-0.3, -0.25) is 0 Å². The summed E-state index contributed by atoms with van der Waals surface area (Å²) in [5.41, 5.74) is 0.642. The number of aromatic nitrogens is 1. The van der Waals surface area contributed by atoms with Gasteiger partial charge in [-0.2, -0.15) is 0 Å². The number of nitrogens with zero attached hydrogens (tertiary/aromatic N) is 1. The molecular weight excluding hydrogens is 178 g/mol. The number of hydrogen-bond donors (Lipinski definition) is 0. The zero-order valence-electron chi connectivity index (χ0n) is 8.82. The van der Waals surface area contributed by atoms with E-state index in [4.69, 9.17) is 4.74 Å². The fourth-order valence-electron chi connectivity index (χ4n) is 1.26. The molecule has 3 nitrogen and oxygen atoms in total. The third-order valence-corrected chi connectivity index (χ3v) is 2.11. The van der Waals surface area contributed by atoms with E-state index in [0.29, 0.717) is 12.3 Å². The first kappa shape index (κ1) is 10.8. The summed E-state index contributed by atoms with van der Waals surface area (Å²) < 4.78 is 6.99. The Kier molecular flexibility index (Phi) is 4.23. The molecule has 1 heterocycles. The van der Waals surface area contributed by atoms with Gasteiger partial charge in [0.1, 0.15) is 5.69 Å². The van der Waals surface area contributed by atoms with Crippen molar-refractivity contribution in [3.8, 4) is 0 Å². The van der Waals surface area contributed by atoms with E-state index in [1.807, 2.05) is 23.8 Å². The molecule has 0 unspecified atom stereocenters. The molecule has 0 aliphatic carbocycles. The van der Waals surface area contributed by atoms with Crippen molar-refractivity contribution in [1.29, 1.82) is 0 Å². The van der Waals surface area contributed by atoms with Crippen LogP contribution in [0.4, 0.5) is 0 Å². The first-order valence-electron chi connectivity index (χ1n) is 5.11. The third-order valence-electron chi connectivity index (χ3n) is 2.11. The molecule has 1 aromatic rings. The number of hydrogen-bond acceptors (Lipinski definition) is 2. The van der Waals surface area contributed by atoms with E-state index in [1.54, 1.807) is 6.07 Å². The van der Waals surface area contributed by atoms with Crippen molar-refractivity contribution in [3.05, 3.63) is 24.0 Å². The summed E-state index contributed by atoms with van der Waals surface area (Å²) in [6.07, 6.45) is 3.86. The Morgan fingerprint density at radius 3 is 2.93 bits per heavy atom. The van der Waals surface area contributed by atoms with Crippen molar-refractivity contribution in [2.45, 2.75) is 33.2 Å². The normalized spacial score (nSPS) is 10.1. The van der Waals surface area contributed by atoms with Crippen molar-refractivity contribution in [2.75, 3.05) is 6.61 Å². The van der Waals surface area contributed by atoms with Crippen molar-refractivity contribution >= 4 is 5.97 Å². The summed E-state index contributed by atoms with van der Waals surface area (Å²) in [5, 5.41) is 0. The van der Waals surface area contributed by atoms with E-state index < -0.39 is 0 Å². The van der Waals surface area contributed by atoms with Crippen LogP contribution in [0.2, 0.25) is 0 Å². The topological polar surface area (TPSA) is 31.2 Å². The second-order valence-electron chi connectivity index (χ2n) is 3.17. The largest absolute Gasteiger partial charge is 0.461 e. The lowest BCUT2D eigenvalue weighted by Crippen LogP contribution is -2.11. The van der Waals surface area contributed by atoms with Gasteiger partial charge in [0.2, 0.25) is 0 Å². The minimum Gasteiger partial charge on any atom is -0.461 e. The minimum absolute atomic E-state index is 0.217. The van der Waals surface area contributed by atoms with E-state index >= 15 is 0 Å². The van der Waals surface area contributed by atoms with Crippen molar-refractivity contribution in [3.63, 3.8) is 0 Å². The molecule has 0 bridgehead atoms. The van der Waals surface area contributed by atoms with Crippen LogP contribution in [-0.4, -0.2) is 17.1 Å². The number of carbonyl (C=O) groups is 1. The number of ether oxygens (including phenoxy) is 1. The lowest BCUT2D eigenvalue weighted by Gasteiger charge is -2.06. The molecule has 0 aromatic carbocycles. The monoisotopic (exact) mass is 195 g/mol. The highest BCUT2D eigenvalue weighted by molar-refractivity contribution is 5.87. The number of carbonyl (C=O) groups excluding carboxylic acids is 1. The summed E-state index contributed by atoms with van der Waals surface area (Å²) in [6, 6.07) is 3.65. The van der Waals surface area contributed by atoms with Crippen LogP contribution in [0.3, 0.4) is 0 Å². The van der Waals surface area contributed by atoms with Gasteiger partial charge < -0.3 is 9.30 Å². The first-order chi connectivity index (χ1) is 6.79. The average Bonchev–Trinajstić information content (AvgIpc) is 2.65. The second-order valence-corrected chi connectivity index (χ2v) is 3.17. The van der Waals surface area contributed by atoms with E-state index in [0.717, 1.165) is 19.4 Å². The van der Waals surface area contributed by atoms with E-state index in [1.165, 1.54) is 0 Å². The summed E-state index contributed by atoms with van der Waals surface area (Å²) in [5.74, 6) is -0.217. The molecule has 1 aromatic heterocycles. The fourth-order valence-corrected chi connectivity index (χ4v) is 1.26. The van der Waals surface area contributed by atoms with Gasteiger partial charge in [-0.1, -0.05) is 13.3 Å². The number of rotatable bonds is 5. The number of unbranched alkanes of at least 4 members (excludes halogenated alkanes) is 1.